The number of rotatable bonds is 6. The van der Waals surface area contributed by atoms with Gasteiger partial charge in [0, 0.05) is 23.5 Å². The summed E-state index contributed by atoms with van der Waals surface area (Å²) in [6.45, 7) is 7.73. The van der Waals surface area contributed by atoms with Gasteiger partial charge >= 0.3 is 5.97 Å². The first-order valence-corrected chi connectivity index (χ1v) is 9.45. The van der Waals surface area contributed by atoms with E-state index in [-0.39, 0.29) is 18.2 Å². The van der Waals surface area contributed by atoms with Crippen LogP contribution in [0.2, 0.25) is 0 Å². The highest BCUT2D eigenvalue weighted by atomic mass is 19.1. The zero-order valence-electron chi connectivity index (χ0n) is 17.1. The summed E-state index contributed by atoms with van der Waals surface area (Å²) in [6.07, 6.45) is 0. The maximum absolute atomic E-state index is 13.1. The molecule has 0 N–H and O–H groups in total. The van der Waals surface area contributed by atoms with Crippen molar-refractivity contribution in [2.24, 2.45) is 0 Å². The molecule has 0 aliphatic rings. The van der Waals surface area contributed by atoms with E-state index >= 15 is 0 Å². The molecule has 0 unspecified atom stereocenters. The fraction of sp³-hybridized carbons (Fsp3) is 0.250. The number of aromatic nitrogens is 1. The van der Waals surface area contributed by atoms with Gasteiger partial charge in [-0.05, 0) is 63.1 Å². The first-order valence-electron chi connectivity index (χ1n) is 9.45. The predicted molar refractivity (Wildman–Crippen MR) is 110 cm³/mol. The Morgan fingerprint density at radius 2 is 1.62 bits per heavy atom. The largest absolute Gasteiger partial charge is 0.454 e. The van der Waals surface area contributed by atoms with Crippen LogP contribution in [-0.2, 0) is 11.3 Å². The molecular weight excluding hydrogens is 369 g/mol. The lowest BCUT2D eigenvalue weighted by molar-refractivity contribution is 0.0473. The van der Waals surface area contributed by atoms with Crippen molar-refractivity contribution in [1.82, 2.24) is 4.57 Å². The van der Waals surface area contributed by atoms with Crippen LogP contribution in [0.1, 0.15) is 48.8 Å². The quantitative estimate of drug-likeness (QED) is 0.440. The summed E-state index contributed by atoms with van der Waals surface area (Å²) >= 11 is 0. The molecular formula is C24H24FNO3. The van der Waals surface area contributed by atoms with Crippen molar-refractivity contribution in [3.05, 3.63) is 93.6 Å². The third-order valence-corrected chi connectivity index (χ3v) is 5.08. The number of Topliss-reactive ketones (excluding diaryl/α,β-unsaturated/α-hetero) is 1. The van der Waals surface area contributed by atoms with Crippen molar-refractivity contribution >= 4 is 11.8 Å². The second-order valence-corrected chi connectivity index (χ2v) is 7.32. The van der Waals surface area contributed by atoms with Crippen molar-refractivity contribution in [2.45, 2.75) is 34.2 Å². The van der Waals surface area contributed by atoms with Crippen LogP contribution >= 0.6 is 0 Å². The molecule has 0 spiro atoms. The molecule has 5 heteroatoms. The molecule has 1 aromatic heterocycles. The number of halogens is 1. The number of ether oxygens (including phenoxy) is 1. The Morgan fingerprint density at radius 3 is 2.31 bits per heavy atom. The smallest absolute Gasteiger partial charge is 0.338 e. The number of hydrogen-bond donors (Lipinski definition) is 0. The number of aryl methyl sites for hydroxylation is 3. The van der Waals surface area contributed by atoms with Crippen LogP contribution < -0.4 is 0 Å². The zero-order chi connectivity index (χ0) is 21.1. The van der Waals surface area contributed by atoms with Gasteiger partial charge in [-0.1, -0.05) is 29.8 Å². The second-order valence-electron chi connectivity index (χ2n) is 7.32. The molecule has 150 valence electrons. The third-order valence-electron chi connectivity index (χ3n) is 5.08. The zero-order valence-corrected chi connectivity index (χ0v) is 17.1. The highest BCUT2D eigenvalue weighted by molar-refractivity contribution is 6.00. The summed E-state index contributed by atoms with van der Waals surface area (Å²) < 4.78 is 20.4. The van der Waals surface area contributed by atoms with Gasteiger partial charge in [0.1, 0.15) is 5.82 Å². The van der Waals surface area contributed by atoms with E-state index in [9.17, 15) is 14.0 Å². The summed E-state index contributed by atoms with van der Waals surface area (Å²) in [7, 11) is 0. The lowest BCUT2D eigenvalue weighted by Gasteiger charge is -2.10. The third kappa shape index (κ3) is 4.62. The van der Waals surface area contributed by atoms with Crippen LogP contribution in [-0.4, -0.2) is 22.9 Å². The molecule has 0 radical (unpaired) electrons. The topological polar surface area (TPSA) is 48.3 Å². The maximum atomic E-state index is 13.1. The van der Waals surface area contributed by atoms with E-state index in [2.05, 4.69) is 0 Å². The molecule has 0 atom stereocenters. The molecule has 3 aromatic rings. The first kappa shape index (κ1) is 20.5. The summed E-state index contributed by atoms with van der Waals surface area (Å²) in [6, 6.07) is 13.6. The first-order chi connectivity index (χ1) is 13.8. The standard InChI is InChI=1S/C24H24FNO3/c1-15-5-6-16(2)21(11-15)24(28)29-14-23(27)22-12-17(3)26(18(22)4)13-19-7-9-20(25)10-8-19/h5-12H,13-14H2,1-4H3. The number of carbonyl (C=O) groups excluding carboxylic acids is 2. The molecule has 3 rings (SSSR count). The summed E-state index contributed by atoms with van der Waals surface area (Å²) in [4.78, 5) is 25.0. The molecule has 2 aromatic carbocycles. The second kappa shape index (κ2) is 8.43. The Kier molecular flexibility index (Phi) is 5.97. The fourth-order valence-electron chi connectivity index (χ4n) is 3.34. The number of ketones is 1. The van der Waals surface area contributed by atoms with E-state index < -0.39 is 5.97 Å². The van der Waals surface area contributed by atoms with Crippen LogP contribution in [0, 0.1) is 33.5 Å². The van der Waals surface area contributed by atoms with E-state index in [0.717, 1.165) is 28.1 Å². The minimum Gasteiger partial charge on any atom is -0.454 e. The Balaban J connectivity index is 1.72. The van der Waals surface area contributed by atoms with Crippen molar-refractivity contribution in [3.8, 4) is 0 Å². The summed E-state index contributed by atoms with van der Waals surface area (Å²) in [5.41, 5.74) is 5.41. The normalized spacial score (nSPS) is 10.8. The van der Waals surface area contributed by atoms with Crippen molar-refractivity contribution < 1.29 is 18.7 Å². The molecule has 0 aliphatic carbocycles. The van der Waals surface area contributed by atoms with E-state index in [4.69, 9.17) is 4.74 Å². The molecule has 0 aliphatic heterocycles. The van der Waals surface area contributed by atoms with Crippen LogP contribution in [0.25, 0.3) is 0 Å². The van der Waals surface area contributed by atoms with Gasteiger partial charge in [0.25, 0.3) is 0 Å². The summed E-state index contributed by atoms with van der Waals surface area (Å²) in [5, 5.41) is 0. The van der Waals surface area contributed by atoms with E-state index in [0.29, 0.717) is 17.7 Å². The average Bonchev–Trinajstić information content (AvgIpc) is 2.97. The van der Waals surface area contributed by atoms with Crippen molar-refractivity contribution in [3.63, 3.8) is 0 Å². The number of nitrogens with zero attached hydrogens (tertiary/aromatic N) is 1. The van der Waals surface area contributed by atoms with Gasteiger partial charge in [0.2, 0.25) is 5.78 Å². The minimum atomic E-state index is -0.500. The summed E-state index contributed by atoms with van der Waals surface area (Å²) in [5.74, 6) is -1.03. The highest BCUT2D eigenvalue weighted by Crippen LogP contribution is 2.19. The predicted octanol–water partition coefficient (Wildman–Crippen LogP) is 4.95. The van der Waals surface area contributed by atoms with E-state index in [1.54, 1.807) is 24.3 Å². The molecule has 0 amide bonds. The molecule has 0 saturated carbocycles. The molecule has 0 saturated heterocycles. The molecule has 0 bridgehead atoms. The Bertz CT molecular complexity index is 1060. The van der Waals surface area contributed by atoms with Gasteiger partial charge in [-0.15, -0.1) is 0 Å². The highest BCUT2D eigenvalue weighted by Gasteiger charge is 2.19. The maximum Gasteiger partial charge on any atom is 0.338 e. The molecule has 0 fully saturated rings. The molecule has 29 heavy (non-hydrogen) atoms. The van der Waals surface area contributed by atoms with E-state index in [1.807, 2.05) is 44.4 Å². The number of carbonyl (C=O) groups is 2. The van der Waals surface area contributed by atoms with Crippen LogP contribution in [0.4, 0.5) is 4.39 Å². The lowest BCUT2D eigenvalue weighted by atomic mass is 10.1. The van der Waals surface area contributed by atoms with Crippen molar-refractivity contribution in [1.29, 1.82) is 0 Å². The van der Waals surface area contributed by atoms with Gasteiger partial charge in [-0.3, -0.25) is 4.79 Å². The number of benzene rings is 2. The van der Waals surface area contributed by atoms with Gasteiger partial charge in [-0.25, -0.2) is 9.18 Å². The van der Waals surface area contributed by atoms with Gasteiger partial charge in [0.15, 0.2) is 6.61 Å². The lowest BCUT2D eigenvalue weighted by Crippen LogP contribution is -2.16. The number of hydrogen-bond acceptors (Lipinski definition) is 3. The Hall–Kier alpha value is -3.21. The SMILES string of the molecule is Cc1ccc(C)c(C(=O)OCC(=O)c2cc(C)n(Cc3ccc(F)cc3)c2C)c1. The Labute approximate surface area is 169 Å². The monoisotopic (exact) mass is 393 g/mol. The van der Waals surface area contributed by atoms with Gasteiger partial charge in [0.05, 0.1) is 5.56 Å². The van der Waals surface area contributed by atoms with Crippen LogP contribution in [0.15, 0.2) is 48.5 Å². The fourth-order valence-corrected chi connectivity index (χ4v) is 3.34. The van der Waals surface area contributed by atoms with Crippen molar-refractivity contribution in [2.75, 3.05) is 6.61 Å². The molecule has 4 nitrogen and oxygen atoms in total. The van der Waals surface area contributed by atoms with Crippen LogP contribution in [0.5, 0.6) is 0 Å². The average molecular weight is 393 g/mol. The van der Waals surface area contributed by atoms with Gasteiger partial charge in [-0.2, -0.15) is 0 Å². The van der Waals surface area contributed by atoms with Gasteiger partial charge < -0.3 is 9.30 Å². The Morgan fingerprint density at radius 1 is 0.931 bits per heavy atom. The molecule has 1 heterocycles. The van der Waals surface area contributed by atoms with Crippen LogP contribution in [0.3, 0.4) is 0 Å². The minimum absolute atomic E-state index is 0.248. The number of esters is 1. The van der Waals surface area contributed by atoms with E-state index in [1.165, 1.54) is 12.1 Å².